The number of nitrogens with one attached hydrogen (secondary N) is 1. The average Bonchev–Trinajstić information content (AvgIpc) is 2.76. The summed E-state index contributed by atoms with van der Waals surface area (Å²) in [5.41, 5.74) is 1.69. The first-order valence-corrected chi connectivity index (χ1v) is 6.79. The highest BCUT2D eigenvalue weighted by molar-refractivity contribution is 5.82. The van der Waals surface area contributed by atoms with Gasteiger partial charge in [0.25, 0.3) is 0 Å². The van der Waals surface area contributed by atoms with Gasteiger partial charge in [-0.3, -0.25) is 4.79 Å². The molecule has 1 aromatic rings. The van der Waals surface area contributed by atoms with Crippen molar-refractivity contribution in [2.75, 3.05) is 13.1 Å². The van der Waals surface area contributed by atoms with E-state index in [1.807, 2.05) is 23.1 Å². The Morgan fingerprint density at radius 1 is 1.47 bits per heavy atom. The minimum absolute atomic E-state index is 0.160. The number of carbonyl (C=O) groups is 1. The average molecular weight is 255 g/mol. The van der Waals surface area contributed by atoms with Crippen molar-refractivity contribution >= 4 is 5.91 Å². The lowest BCUT2D eigenvalue weighted by molar-refractivity contribution is -0.131. The number of hydrogen-bond acceptors (Lipinski definition) is 3. The molecule has 0 bridgehead atoms. The monoisotopic (exact) mass is 255 g/mol. The van der Waals surface area contributed by atoms with Crippen molar-refractivity contribution < 1.29 is 4.79 Å². The summed E-state index contributed by atoms with van der Waals surface area (Å²) in [6.07, 6.45) is 2.09. The fourth-order valence-electron chi connectivity index (χ4n) is 3.10. The van der Waals surface area contributed by atoms with Crippen molar-refractivity contribution in [3.8, 4) is 6.07 Å². The molecule has 2 fully saturated rings. The SMILES string of the molecule is N#Cc1cccc(CN2CC3NCCCC3C2=O)c1. The molecule has 0 saturated carbocycles. The second-order valence-corrected chi connectivity index (χ2v) is 5.34. The van der Waals surface area contributed by atoms with Crippen LogP contribution in [-0.2, 0) is 11.3 Å². The lowest BCUT2D eigenvalue weighted by atomic mass is 9.94. The van der Waals surface area contributed by atoms with Gasteiger partial charge in [0.2, 0.25) is 5.91 Å². The highest BCUT2D eigenvalue weighted by atomic mass is 16.2. The maximum absolute atomic E-state index is 12.3. The molecule has 19 heavy (non-hydrogen) atoms. The molecule has 1 aromatic carbocycles. The van der Waals surface area contributed by atoms with Crippen molar-refractivity contribution in [1.82, 2.24) is 10.2 Å². The minimum atomic E-state index is 0.160. The summed E-state index contributed by atoms with van der Waals surface area (Å²) >= 11 is 0. The molecule has 0 aromatic heterocycles. The van der Waals surface area contributed by atoms with E-state index < -0.39 is 0 Å². The first-order chi connectivity index (χ1) is 9.28. The third kappa shape index (κ3) is 2.34. The second kappa shape index (κ2) is 5.02. The number of carbonyl (C=O) groups excluding carboxylic acids is 1. The highest BCUT2D eigenvalue weighted by Gasteiger charge is 2.41. The summed E-state index contributed by atoms with van der Waals surface area (Å²) in [6, 6.07) is 9.96. The van der Waals surface area contributed by atoms with Gasteiger partial charge < -0.3 is 10.2 Å². The predicted molar refractivity (Wildman–Crippen MR) is 71.1 cm³/mol. The van der Waals surface area contributed by atoms with E-state index in [0.717, 1.165) is 31.5 Å². The number of rotatable bonds is 2. The van der Waals surface area contributed by atoms with Crippen molar-refractivity contribution in [3.05, 3.63) is 35.4 Å². The molecular weight excluding hydrogens is 238 g/mol. The van der Waals surface area contributed by atoms with Gasteiger partial charge in [-0.05, 0) is 37.1 Å². The zero-order chi connectivity index (χ0) is 13.2. The van der Waals surface area contributed by atoms with Crippen molar-refractivity contribution in [1.29, 1.82) is 5.26 Å². The summed E-state index contributed by atoms with van der Waals surface area (Å²) in [4.78, 5) is 14.2. The van der Waals surface area contributed by atoms with Crippen LogP contribution in [-0.4, -0.2) is 29.9 Å². The van der Waals surface area contributed by atoms with Gasteiger partial charge in [0.1, 0.15) is 0 Å². The van der Waals surface area contributed by atoms with Crippen LogP contribution >= 0.6 is 0 Å². The van der Waals surface area contributed by atoms with Crippen LogP contribution in [0.15, 0.2) is 24.3 Å². The molecule has 2 saturated heterocycles. The van der Waals surface area contributed by atoms with Gasteiger partial charge in [-0.15, -0.1) is 0 Å². The van der Waals surface area contributed by atoms with Gasteiger partial charge >= 0.3 is 0 Å². The van der Waals surface area contributed by atoms with E-state index in [4.69, 9.17) is 5.26 Å². The van der Waals surface area contributed by atoms with E-state index in [0.29, 0.717) is 18.2 Å². The van der Waals surface area contributed by atoms with Gasteiger partial charge in [-0.2, -0.15) is 5.26 Å². The number of amides is 1. The van der Waals surface area contributed by atoms with Crippen molar-refractivity contribution in [2.24, 2.45) is 5.92 Å². The second-order valence-electron chi connectivity index (χ2n) is 5.34. The molecule has 1 N–H and O–H groups in total. The van der Waals surface area contributed by atoms with Crippen molar-refractivity contribution in [3.63, 3.8) is 0 Å². The maximum atomic E-state index is 12.3. The Kier molecular flexibility index (Phi) is 3.22. The van der Waals surface area contributed by atoms with E-state index in [9.17, 15) is 4.79 Å². The van der Waals surface area contributed by atoms with E-state index >= 15 is 0 Å². The van der Waals surface area contributed by atoms with Gasteiger partial charge in [0.05, 0.1) is 17.6 Å². The normalized spacial score (nSPS) is 26.1. The Morgan fingerprint density at radius 2 is 2.37 bits per heavy atom. The van der Waals surface area contributed by atoms with Crippen LogP contribution in [0.3, 0.4) is 0 Å². The van der Waals surface area contributed by atoms with Crippen LogP contribution in [0, 0.1) is 17.2 Å². The van der Waals surface area contributed by atoms with Gasteiger partial charge in [-0.25, -0.2) is 0 Å². The van der Waals surface area contributed by atoms with Crippen LogP contribution < -0.4 is 5.32 Å². The number of benzene rings is 1. The minimum Gasteiger partial charge on any atom is -0.336 e. The quantitative estimate of drug-likeness (QED) is 0.865. The predicted octanol–water partition coefficient (Wildman–Crippen LogP) is 1.27. The summed E-state index contributed by atoms with van der Waals surface area (Å²) in [5.74, 6) is 0.424. The smallest absolute Gasteiger partial charge is 0.227 e. The first-order valence-electron chi connectivity index (χ1n) is 6.79. The Labute approximate surface area is 113 Å². The standard InChI is InChI=1S/C15H17N3O/c16-8-11-3-1-4-12(7-11)9-18-10-14-13(15(18)19)5-2-6-17-14/h1,3-4,7,13-14,17H,2,5-6,9-10H2. The van der Waals surface area contributed by atoms with Gasteiger partial charge in [0, 0.05) is 19.1 Å². The molecule has 98 valence electrons. The molecule has 2 aliphatic heterocycles. The summed E-state index contributed by atoms with van der Waals surface area (Å²) in [5, 5.41) is 12.3. The van der Waals surface area contributed by atoms with Crippen molar-refractivity contribution in [2.45, 2.75) is 25.4 Å². The number of hydrogen-bond donors (Lipinski definition) is 1. The van der Waals surface area contributed by atoms with Crippen LogP contribution in [0.2, 0.25) is 0 Å². The number of fused-ring (bicyclic) bond motifs is 1. The summed E-state index contributed by atoms with van der Waals surface area (Å²) in [7, 11) is 0. The maximum Gasteiger partial charge on any atom is 0.227 e. The first kappa shape index (κ1) is 12.2. The Bertz CT molecular complexity index is 534. The molecule has 4 heteroatoms. The van der Waals surface area contributed by atoms with Crippen LogP contribution in [0.25, 0.3) is 0 Å². The number of likely N-dealkylation sites (tertiary alicyclic amines) is 1. The van der Waals surface area contributed by atoms with Crippen LogP contribution in [0.4, 0.5) is 0 Å². The van der Waals surface area contributed by atoms with E-state index in [-0.39, 0.29) is 11.8 Å². The zero-order valence-electron chi connectivity index (χ0n) is 10.8. The van der Waals surface area contributed by atoms with Crippen LogP contribution in [0.5, 0.6) is 0 Å². The number of nitriles is 1. The van der Waals surface area contributed by atoms with Crippen LogP contribution in [0.1, 0.15) is 24.0 Å². The number of nitrogens with zero attached hydrogens (tertiary/aromatic N) is 2. The van der Waals surface area contributed by atoms with E-state index in [2.05, 4.69) is 11.4 Å². The Balaban J connectivity index is 1.73. The third-order valence-corrected chi connectivity index (χ3v) is 4.06. The lowest BCUT2D eigenvalue weighted by Crippen LogP contribution is -2.41. The topological polar surface area (TPSA) is 56.1 Å². The molecule has 0 spiro atoms. The molecule has 2 heterocycles. The van der Waals surface area contributed by atoms with Gasteiger partial charge in [-0.1, -0.05) is 12.1 Å². The Morgan fingerprint density at radius 3 is 3.16 bits per heavy atom. The zero-order valence-corrected chi connectivity index (χ0v) is 10.8. The molecule has 2 atom stereocenters. The molecule has 2 aliphatic rings. The molecule has 2 unspecified atom stereocenters. The van der Waals surface area contributed by atoms with E-state index in [1.54, 1.807) is 6.07 Å². The highest BCUT2D eigenvalue weighted by Crippen LogP contribution is 2.27. The summed E-state index contributed by atoms with van der Waals surface area (Å²) in [6.45, 7) is 2.43. The summed E-state index contributed by atoms with van der Waals surface area (Å²) < 4.78 is 0. The molecule has 3 rings (SSSR count). The fraction of sp³-hybridized carbons (Fsp3) is 0.467. The van der Waals surface area contributed by atoms with Gasteiger partial charge in [0.15, 0.2) is 0 Å². The Hall–Kier alpha value is -1.86. The fourth-order valence-corrected chi connectivity index (χ4v) is 3.10. The third-order valence-electron chi connectivity index (χ3n) is 4.06. The molecule has 0 radical (unpaired) electrons. The molecule has 0 aliphatic carbocycles. The molecule has 1 amide bonds. The van der Waals surface area contributed by atoms with E-state index in [1.165, 1.54) is 0 Å². The molecule has 4 nitrogen and oxygen atoms in total. The number of piperidine rings is 1. The largest absolute Gasteiger partial charge is 0.336 e. The molecular formula is C15H17N3O. The lowest BCUT2D eigenvalue weighted by Gasteiger charge is -2.23.